The molecule has 1 heterocycles. The Balaban J connectivity index is 2.15. The van der Waals surface area contributed by atoms with E-state index >= 15 is 0 Å². The molecular formula is C14H12N2O5S. The number of benzene rings is 1. The van der Waals surface area contributed by atoms with E-state index in [4.69, 9.17) is 10.8 Å². The first-order chi connectivity index (χ1) is 10.4. The lowest BCUT2D eigenvalue weighted by atomic mass is 10.1. The van der Waals surface area contributed by atoms with E-state index < -0.39 is 17.6 Å². The number of phenols is 1. The number of nitrogens with one attached hydrogen (secondary N) is 1. The first kappa shape index (κ1) is 14.3. The minimum Gasteiger partial charge on any atom is -0.507 e. The molecule has 2 aromatic rings. The van der Waals surface area contributed by atoms with Gasteiger partial charge >= 0.3 is 5.97 Å². The fourth-order valence-electron chi connectivity index (χ4n) is 2.20. The molecule has 22 heavy (non-hydrogen) atoms. The van der Waals surface area contributed by atoms with Gasteiger partial charge in [0.15, 0.2) is 0 Å². The standard InChI is InChI=1S/C14H12N2O5S/c15-11(18)10-7-3-6(14(20)21)8(17)4-9(7)22-13(10)16-12(19)5-1-2-5/h3-5,17H,1-2H2,(H2,15,18)(H,16,19)(H,20,21). The highest BCUT2D eigenvalue weighted by Crippen LogP contribution is 2.40. The predicted molar refractivity (Wildman–Crippen MR) is 80.3 cm³/mol. The Hall–Kier alpha value is -2.61. The van der Waals surface area contributed by atoms with Crippen molar-refractivity contribution in [2.75, 3.05) is 5.32 Å². The van der Waals surface area contributed by atoms with Gasteiger partial charge < -0.3 is 21.3 Å². The van der Waals surface area contributed by atoms with Crippen LogP contribution in [-0.2, 0) is 4.79 Å². The minimum absolute atomic E-state index is 0.0473. The summed E-state index contributed by atoms with van der Waals surface area (Å²) in [6, 6.07) is 2.44. The molecule has 0 atom stereocenters. The fraction of sp³-hybridized carbons (Fsp3) is 0.214. The summed E-state index contributed by atoms with van der Waals surface area (Å²) in [6.45, 7) is 0. The zero-order valence-electron chi connectivity index (χ0n) is 11.3. The molecule has 1 aromatic carbocycles. The van der Waals surface area contributed by atoms with E-state index in [9.17, 15) is 19.5 Å². The molecule has 1 fully saturated rings. The van der Waals surface area contributed by atoms with Gasteiger partial charge in [0, 0.05) is 16.0 Å². The number of amides is 2. The Morgan fingerprint density at radius 2 is 1.95 bits per heavy atom. The molecule has 5 N–H and O–H groups in total. The first-order valence-corrected chi connectivity index (χ1v) is 7.33. The van der Waals surface area contributed by atoms with Crippen LogP contribution in [-0.4, -0.2) is 28.0 Å². The molecule has 1 aliphatic carbocycles. The Morgan fingerprint density at radius 3 is 2.50 bits per heavy atom. The third-order valence-electron chi connectivity index (χ3n) is 3.47. The van der Waals surface area contributed by atoms with E-state index in [2.05, 4.69) is 5.32 Å². The zero-order chi connectivity index (χ0) is 16.0. The van der Waals surface area contributed by atoms with Crippen LogP contribution in [0.25, 0.3) is 10.1 Å². The third kappa shape index (κ3) is 2.37. The number of carbonyl (C=O) groups excluding carboxylic acids is 2. The van der Waals surface area contributed by atoms with Crippen LogP contribution in [0.4, 0.5) is 5.00 Å². The van der Waals surface area contributed by atoms with Gasteiger partial charge in [0.05, 0.1) is 5.56 Å². The average Bonchev–Trinajstić information content (AvgIpc) is 3.20. The summed E-state index contributed by atoms with van der Waals surface area (Å²) in [4.78, 5) is 34.7. The Bertz CT molecular complexity index is 822. The maximum absolute atomic E-state index is 11.9. The van der Waals surface area contributed by atoms with Crippen molar-refractivity contribution in [2.24, 2.45) is 11.7 Å². The number of aromatic carboxylic acids is 1. The maximum Gasteiger partial charge on any atom is 0.339 e. The average molecular weight is 320 g/mol. The lowest BCUT2D eigenvalue weighted by Crippen LogP contribution is -2.17. The van der Waals surface area contributed by atoms with E-state index in [0.717, 1.165) is 24.2 Å². The molecule has 114 valence electrons. The first-order valence-electron chi connectivity index (χ1n) is 6.52. The van der Waals surface area contributed by atoms with E-state index in [1.165, 1.54) is 12.1 Å². The van der Waals surface area contributed by atoms with Crippen LogP contribution in [0.5, 0.6) is 5.75 Å². The van der Waals surface area contributed by atoms with Crippen molar-refractivity contribution in [3.05, 3.63) is 23.3 Å². The van der Waals surface area contributed by atoms with Crippen molar-refractivity contribution in [3.8, 4) is 5.75 Å². The lowest BCUT2D eigenvalue weighted by molar-refractivity contribution is -0.117. The maximum atomic E-state index is 11.9. The van der Waals surface area contributed by atoms with Gasteiger partial charge in [-0.2, -0.15) is 0 Å². The number of carbonyl (C=O) groups is 3. The molecule has 8 heteroatoms. The number of anilines is 1. The summed E-state index contributed by atoms with van der Waals surface area (Å²) in [5.74, 6) is -2.72. The summed E-state index contributed by atoms with van der Waals surface area (Å²) in [5, 5.41) is 22.0. The normalized spacial score (nSPS) is 14.0. The number of fused-ring (bicyclic) bond motifs is 1. The van der Waals surface area contributed by atoms with Crippen molar-refractivity contribution in [2.45, 2.75) is 12.8 Å². The highest BCUT2D eigenvalue weighted by Gasteiger charge is 2.31. The molecule has 0 aliphatic heterocycles. The van der Waals surface area contributed by atoms with Crippen LogP contribution in [0, 0.1) is 5.92 Å². The van der Waals surface area contributed by atoms with Crippen LogP contribution in [0.1, 0.15) is 33.6 Å². The van der Waals surface area contributed by atoms with Crippen molar-refractivity contribution >= 4 is 44.2 Å². The van der Waals surface area contributed by atoms with Crippen LogP contribution in [0.3, 0.4) is 0 Å². The number of hydrogen-bond acceptors (Lipinski definition) is 5. The van der Waals surface area contributed by atoms with Gasteiger partial charge in [-0.05, 0) is 25.0 Å². The van der Waals surface area contributed by atoms with Gasteiger partial charge in [-0.15, -0.1) is 11.3 Å². The molecule has 0 bridgehead atoms. The predicted octanol–water partition coefficient (Wildman–Crippen LogP) is 1.75. The topological polar surface area (TPSA) is 130 Å². The van der Waals surface area contributed by atoms with Gasteiger partial charge in [-0.3, -0.25) is 9.59 Å². The smallest absolute Gasteiger partial charge is 0.339 e. The number of rotatable bonds is 4. The molecule has 0 unspecified atom stereocenters. The number of hydrogen-bond donors (Lipinski definition) is 4. The fourth-order valence-corrected chi connectivity index (χ4v) is 3.32. The van der Waals surface area contributed by atoms with Crippen LogP contribution < -0.4 is 11.1 Å². The third-order valence-corrected chi connectivity index (χ3v) is 4.54. The minimum atomic E-state index is -1.32. The molecule has 1 aliphatic rings. The number of thiophene rings is 1. The number of carboxylic acids is 1. The summed E-state index contributed by atoms with van der Waals surface area (Å²) in [6.07, 6.45) is 1.62. The number of primary amides is 1. The van der Waals surface area contributed by atoms with E-state index in [-0.39, 0.29) is 28.0 Å². The van der Waals surface area contributed by atoms with Gasteiger partial charge in [0.2, 0.25) is 5.91 Å². The van der Waals surface area contributed by atoms with Crippen LogP contribution in [0.2, 0.25) is 0 Å². The SMILES string of the molecule is NC(=O)c1c(NC(=O)C2CC2)sc2cc(O)c(C(=O)O)cc12. The van der Waals surface area contributed by atoms with E-state index in [1.807, 2.05) is 0 Å². The van der Waals surface area contributed by atoms with E-state index in [0.29, 0.717) is 10.1 Å². The second kappa shape index (κ2) is 4.99. The lowest BCUT2D eigenvalue weighted by Gasteiger charge is -2.03. The second-order valence-corrected chi connectivity index (χ2v) is 6.16. The van der Waals surface area contributed by atoms with Crippen LogP contribution in [0.15, 0.2) is 12.1 Å². The van der Waals surface area contributed by atoms with Crippen molar-refractivity contribution in [1.29, 1.82) is 0 Å². The number of carboxylic acid groups (broad SMARTS) is 1. The Morgan fingerprint density at radius 1 is 1.27 bits per heavy atom. The second-order valence-electron chi connectivity index (χ2n) is 5.10. The summed E-state index contributed by atoms with van der Waals surface area (Å²) in [7, 11) is 0. The zero-order valence-corrected chi connectivity index (χ0v) is 12.1. The highest BCUT2D eigenvalue weighted by atomic mass is 32.1. The molecule has 0 radical (unpaired) electrons. The Labute approximate surface area is 128 Å². The molecule has 0 saturated heterocycles. The largest absolute Gasteiger partial charge is 0.507 e. The number of aromatic hydroxyl groups is 1. The highest BCUT2D eigenvalue weighted by molar-refractivity contribution is 7.23. The molecular weight excluding hydrogens is 308 g/mol. The summed E-state index contributed by atoms with van der Waals surface area (Å²) < 4.78 is 0.474. The Kier molecular flexibility index (Phi) is 3.25. The van der Waals surface area contributed by atoms with Gasteiger partial charge in [0.1, 0.15) is 16.3 Å². The van der Waals surface area contributed by atoms with Crippen molar-refractivity contribution < 1.29 is 24.6 Å². The van der Waals surface area contributed by atoms with Crippen LogP contribution >= 0.6 is 11.3 Å². The molecule has 7 nitrogen and oxygen atoms in total. The molecule has 0 spiro atoms. The number of nitrogens with two attached hydrogens (primary N) is 1. The van der Waals surface area contributed by atoms with Crippen molar-refractivity contribution in [3.63, 3.8) is 0 Å². The monoisotopic (exact) mass is 320 g/mol. The summed E-state index contributed by atoms with van der Waals surface area (Å²) >= 11 is 1.07. The van der Waals surface area contributed by atoms with Gasteiger partial charge in [-0.25, -0.2) is 4.79 Å². The van der Waals surface area contributed by atoms with Crippen molar-refractivity contribution in [1.82, 2.24) is 0 Å². The van der Waals surface area contributed by atoms with Gasteiger partial charge in [0.25, 0.3) is 5.91 Å². The summed E-state index contributed by atoms with van der Waals surface area (Å²) in [5.41, 5.74) is 5.10. The molecule has 2 amide bonds. The quantitative estimate of drug-likeness (QED) is 0.682. The van der Waals surface area contributed by atoms with Gasteiger partial charge in [-0.1, -0.05) is 0 Å². The molecule has 1 aromatic heterocycles. The molecule has 3 rings (SSSR count). The molecule has 1 saturated carbocycles. The van der Waals surface area contributed by atoms with E-state index in [1.54, 1.807) is 0 Å².